The Morgan fingerprint density at radius 3 is 2.64 bits per heavy atom. The van der Waals surface area contributed by atoms with E-state index in [1.165, 1.54) is 12.4 Å². The predicted molar refractivity (Wildman–Crippen MR) is 95.1 cm³/mol. The van der Waals surface area contributed by atoms with Gasteiger partial charge < -0.3 is 5.32 Å². The lowest BCUT2D eigenvalue weighted by Crippen LogP contribution is -2.32. The second-order valence-corrected chi connectivity index (χ2v) is 8.48. The number of amides is 1. The van der Waals surface area contributed by atoms with Crippen molar-refractivity contribution >= 4 is 27.1 Å². The average Bonchev–Trinajstić information content (AvgIpc) is 3.19. The molecule has 128 valence electrons. The molecule has 0 saturated heterocycles. The molecule has 8 heteroatoms. The third-order valence-corrected chi connectivity index (χ3v) is 7.08. The van der Waals surface area contributed by atoms with Crippen LogP contribution in [-0.4, -0.2) is 30.8 Å². The summed E-state index contributed by atoms with van der Waals surface area (Å²) >= 11 is 1.15. The van der Waals surface area contributed by atoms with Gasteiger partial charge in [0.15, 0.2) is 9.84 Å². The Balaban J connectivity index is 1.87. The van der Waals surface area contributed by atoms with E-state index in [2.05, 4.69) is 15.3 Å². The molecule has 3 aromatic rings. The zero-order valence-corrected chi connectivity index (χ0v) is 14.7. The minimum absolute atomic E-state index is 0.0681. The van der Waals surface area contributed by atoms with Gasteiger partial charge in [0.1, 0.15) is 15.2 Å². The van der Waals surface area contributed by atoms with E-state index in [9.17, 15) is 13.2 Å². The van der Waals surface area contributed by atoms with Gasteiger partial charge in [-0.1, -0.05) is 18.2 Å². The average molecular weight is 373 g/mol. The second-order valence-electron chi connectivity index (χ2n) is 5.18. The van der Waals surface area contributed by atoms with E-state index in [1.54, 1.807) is 54.0 Å². The number of pyridine rings is 2. The van der Waals surface area contributed by atoms with Crippen molar-refractivity contribution in [3.8, 4) is 0 Å². The predicted octanol–water partition coefficient (Wildman–Crippen LogP) is 2.48. The molecule has 0 spiro atoms. The molecule has 3 rings (SSSR count). The van der Waals surface area contributed by atoms with E-state index in [0.29, 0.717) is 5.56 Å². The van der Waals surface area contributed by atoms with Crippen molar-refractivity contribution in [2.24, 2.45) is 0 Å². The molecule has 0 aliphatic carbocycles. The van der Waals surface area contributed by atoms with Crippen LogP contribution < -0.4 is 5.32 Å². The van der Waals surface area contributed by atoms with Crippen molar-refractivity contribution in [1.82, 2.24) is 15.3 Å². The smallest absolute Gasteiger partial charge is 0.269 e. The molecular formula is C17H15N3O3S2. The lowest BCUT2D eigenvalue weighted by atomic mass is 10.2. The van der Waals surface area contributed by atoms with E-state index in [-0.39, 0.29) is 16.4 Å². The van der Waals surface area contributed by atoms with Crippen LogP contribution >= 0.6 is 11.3 Å². The largest absolute Gasteiger partial charge is 0.349 e. The normalized spacial score (nSPS) is 12.5. The first kappa shape index (κ1) is 17.2. The number of hydrogen-bond acceptors (Lipinski definition) is 6. The van der Waals surface area contributed by atoms with Crippen molar-refractivity contribution in [1.29, 1.82) is 0 Å². The zero-order valence-electron chi connectivity index (χ0n) is 13.1. The van der Waals surface area contributed by atoms with Crippen molar-refractivity contribution in [2.75, 3.05) is 6.54 Å². The van der Waals surface area contributed by atoms with Crippen molar-refractivity contribution in [3.63, 3.8) is 0 Å². The molecule has 0 fully saturated rings. The van der Waals surface area contributed by atoms with Crippen LogP contribution in [0.3, 0.4) is 0 Å². The number of hydrogen-bond donors (Lipinski definition) is 1. The summed E-state index contributed by atoms with van der Waals surface area (Å²) in [6.07, 6.45) is 4.59. The molecule has 1 N–H and O–H groups in total. The molecule has 1 atom stereocenters. The molecule has 0 radical (unpaired) electrons. The molecule has 3 heterocycles. The van der Waals surface area contributed by atoms with E-state index in [4.69, 9.17) is 0 Å². The quantitative estimate of drug-likeness (QED) is 0.717. The molecule has 1 amide bonds. The van der Waals surface area contributed by atoms with E-state index < -0.39 is 21.0 Å². The summed E-state index contributed by atoms with van der Waals surface area (Å²) in [5, 5.41) is 3.45. The maximum atomic E-state index is 13.0. The highest BCUT2D eigenvalue weighted by Crippen LogP contribution is 2.30. The first-order chi connectivity index (χ1) is 12.1. The summed E-state index contributed by atoms with van der Waals surface area (Å²) in [5.74, 6) is -0.420. The number of rotatable bonds is 6. The van der Waals surface area contributed by atoms with Crippen molar-refractivity contribution in [3.05, 3.63) is 77.7 Å². The standard InChI is InChI=1S/C17H15N3O3S2/c21-17(14-6-1-2-9-19-14)20-12-15(13-5-3-8-18-11-13)25(22,23)16-7-4-10-24-16/h1-11,15H,12H2,(H,20,21)/t15-/m0/s1. The number of carbonyl (C=O) groups is 1. The number of sulfone groups is 1. The van der Waals surface area contributed by atoms with Crippen LogP contribution in [0.25, 0.3) is 0 Å². The Hall–Kier alpha value is -2.58. The van der Waals surface area contributed by atoms with E-state index in [0.717, 1.165) is 11.3 Å². The van der Waals surface area contributed by atoms with Gasteiger partial charge in [-0.15, -0.1) is 11.3 Å². The maximum absolute atomic E-state index is 13.0. The lowest BCUT2D eigenvalue weighted by molar-refractivity contribution is 0.0948. The van der Waals surface area contributed by atoms with Crippen LogP contribution in [0.15, 0.2) is 70.6 Å². The SMILES string of the molecule is O=C(NC[C@@H](c1cccnc1)S(=O)(=O)c1cccs1)c1ccccn1. The third kappa shape index (κ3) is 3.92. The zero-order chi connectivity index (χ0) is 17.7. The van der Waals surface area contributed by atoms with Gasteiger partial charge in [0.25, 0.3) is 5.91 Å². The number of thiophene rings is 1. The fourth-order valence-electron chi connectivity index (χ4n) is 2.31. The molecule has 0 aliphatic heterocycles. The van der Waals surface area contributed by atoms with Crippen LogP contribution in [0.1, 0.15) is 21.3 Å². The van der Waals surface area contributed by atoms with Gasteiger partial charge in [-0.25, -0.2) is 8.42 Å². The summed E-state index contributed by atoms with van der Waals surface area (Å²) in [6.45, 7) is -0.0681. The molecule has 6 nitrogen and oxygen atoms in total. The monoisotopic (exact) mass is 373 g/mol. The summed E-state index contributed by atoms with van der Waals surface area (Å²) in [7, 11) is -3.65. The fraction of sp³-hybridized carbons (Fsp3) is 0.118. The molecule has 0 aliphatic rings. The van der Waals surface area contributed by atoms with Gasteiger partial charge in [0.05, 0.1) is 0 Å². The number of carbonyl (C=O) groups excluding carboxylic acids is 1. The van der Waals surface area contributed by atoms with Gasteiger partial charge in [-0.2, -0.15) is 0 Å². The minimum atomic E-state index is -3.65. The van der Waals surface area contributed by atoms with Gasteiger partial charge in [-0.3, -0.25) is 14.8 Å². The van der Waals surface area contributed by atoms with Crippen LogP contribution in [0.4, 0.5) is 0 Å². The van der Waals surface area contributed by atoms with Gasteiger partial charge in [0.2, 0.25) is 0 Å². The first-order valence-electron chi connectivity index (χ1n) is 7.45. The Kier molecular flexibility index (Phi) is 5.20. The lowest BCUT2D eigenvalue weighted by Gasteiger charge is -2.17. The van der Waals surface area contributed by atoms with Crippen molar-refractivity contribution < 1.29 is 13.2 Å². The summed E-state index contributed by atoms with van der Waals surface area (Å²) in [5.41, 5.74) is 0.762. The highest BCUT2D eigenvalue weighted by Gasteiger charge is 2.30. The topological polar surface area (TPSA) is 89.0 Å². The minimum Gasteiger partial charge on any atom is -0.349 e. The summed E-state index contributed by atoms with van der Waals surface area (Å²) in [6, 6.07) is 11.6. The molecule has 0 unspecified atom stereocenters. The van der Waals surface area contributed by atoms with E-state index >= 15 is 0 Å². The first-order valence-corrected chi connectivity index (χ1v) is 9.88. The molecule has 0 bridgehead atoms. The Morgan fingerprint density at radius 2 is 2.00 bits per heavy atom. The van der Waals surface area contributed by atoms with Gasteiger partial charge in [0, 0.05) is 25.1 Å². The summed E-state index contributed by atoms with van der Waals surface area (Å²) in [4.78, 5) is 20.2. The van der Waals surface area contributed by atoms with Gasteiger partial charge in [-0.05, 0) is 35.2 Å². The fourth-order valence-corrected chi connectivity index (χ4v) is 5.16. The second kappa shape index (κ2) is 7.54. The highest BCUT2D eigenvalue weighted by atomic mass is 32.2. The van der Waals surface area contributed by atoms with Crippen LogP contribution in [-0.2, 0) is 9.84 Å². The Labute approximate surface area is 149 Å². The van der Waals surface area contributed by atoms with Crippen LogP contribution in [0.2, 0.25) is 0 Å². The van der Waals surface area contributed by atoms with E-state index in [1.807, 2.05) is 0 Å². The maximum Gasteiger partial charge on any atom is 0.269 e. The summed E-state index contributed by atoms with van der Waals surface area (Å²) < 4.78 is 26.2. The Bertz CT molecular complexity index is 928. The van der Waals surface area contributed by atoms with Gasteiger partial charge >= 0.3 is 0 Å². The number of aromatic nitrogens is 2. The molecule has 0 saturated carbocycles. The molecule has 0 aromatic carbocycles. The highest BCUT2D eigenvalue weighted by molar-refractivity contribution is 7.93. The molecular weight excluding hydrogens is 358 g/mol. The van der Waals surface area contributed by atoms with Crippen LogP contribution in [0.5, 0.6) is 0 Å². The van der Waals surface area contributed by atoms with Crippen LogP contribution in [0, 0.1) is 0 Å². The van der Waals surface area contributed by atoms with Crippen molar-refractivity contribution in [2.45, 2.75) is 9.46 Å². The molecule has 3 aromatic heterocycles. The third-order valence-electron chi connectivity index (χ3n) is 3.55. The number of nitrogens with one attached hydrogen (secondary N) is 1. The Morgan fingerprint density at radius 1 is 1.12 bits per heavy atom. The number of nitrogens with zero attached hydrogens (tertiary/aromatic N) is 2. The molecule has 25 heavy (non-hydrogen) atoms.